The first-order valence-corrected chi connectivity index (χ1v) is 6.63. The van der Waals surface area contributed by atoms with Crippen LogP contribution in [-0.2, 0) is 0 Å². The van der Waals surface area contributed by atoms with E-state index in [1.807, 2.05) is 13.0 Å². The number of hydrogen-bond donors (Lipinski definition) is 1. The third-order valence-corrected chi connectivity index (χ3v) is 3.74. The number of aromatic amines is 1. The molecule has 0 radical (unpaired) electrons. The lowest BCUT2D eigenvalue weighted by atomic mass is 10.2. The average molecular weight is 311 g/mol. The van der Waals surface area contributed by atoms with Crippen LogP contribution in [0.3, 0.4) is 0 Å². The van der Waals surface area contributed by atoms with Gasteiger partial charge in [-0.3, -0.25) is 4.57 Å². The van der Waals surface area contributed by atoms with Crippen LogP contribution in [0.5, 0.6) is 0 Å². The minimum absolute atomic E-state index is 0.0613. The highest BCUT2D eigenvalue weighted by atomic mass is 35.5. The molecule has 102 valence electrons. The molecule has 0 fully saturated rings. The lowest BCUT2D eigenvalue weighted by Gasteiger charge is -2.11. The third kappa shape index (κ3) is 1.85. The number of benzene rings is 2. The van der Waals surface area contributed by atoms with Crippen LogP contribution >= 0.6 is 23.8 Å². The minimum Gasteiger partial charge on any atom is -0.330 e. The van der Waals surface area contributed by atoms with Gasteiger partial charge in [-0.15, -0.1) is 0 Å². The van der Waals surface area contributed by atoms with Crippen molar-refractivity contribution in [3.05, 3.63) is 57.3 Å². The Morgan fingerprint density at radius 2 is 1.95 bits per heavy atom. The lowest BCUT2D eigenvalue weighted by molar-refractivity contribution is 0.514. The molecule has 1 heterocycles. The maximum atomic E-state index is 14.1. The minimum atomic E-state index is -0.950. The molecule has 0 saturated carbocycles. The van der Waals surface area contributed by atoms with Gasteiger partial charge in [0.2, 0.25) is 0 Å². The molecule has 0 aliphatic heterocycles. The largest absolute Gasteiger partial charge is 0.330 e. The monoisotopic (exact) mass is 310 g/mol. The van der Waals surface area contributed by atoms with Gasteiger partial charge in [0, 0.05) is 0 Å². The first-order chi connectivity index (χ1) is 9.50. The van der Waals surface area contributed by atoms with Crippen molar-refractivity contribution < 1.29 is 8.78 Å². The molecular weight excluding hydrogens is 302 g/mol. The molecule has 20 heavy (non-hydrogen) atoms. The molecule has 0 aliphatic carbocycles. The van der Waals surface area contributed by atoms with Crippen LogP contribution in [0.25, 0.3) is 16.7 Å². The smallest absolute Gasteiger partial charge is 0.184 e. The van der Waals surface area contributed by atoms with Crippen LogP contribution in [0.1, 0.15) is 5.56 Å². The van der Waals surface area contributed by atoms with Crippen molar-refractivity contribution >= 4 is 34.9 Å². The van der Waals surface area contributed by atoms with Crippen LogP contribution in [0.15, 0.2) is 30.3 Å². The number of H-pyrrole nitrogens is 1. The summed E-state index contributed by atoms with van der Waals surface area (Å²) in [4.78, 5) is 2.86. The SMILES string of the molecule is Cc1cccc(Cl)c1-n1c(=S)[nH]c2ccc(F)c(F)c21. The Labute approximate surface area is 123 Å². The zero-order valence-electron chi connectivity index (χ0n) is 10.4. The summed E-state index contributed by atoms with van der Waals surface area (Å²) in [5.74, 6) is -1.88. The van der Waals surface area contributed by atoms with Crippen molar-refractivity contribution in [2.75, 3.05) is 0 Å². The van der Waals surface area contributed by atoms with E-state index >= 15 is 0 Å². The van der Waals surface area contributed by atoms with Crippen molar-refractivity contribution in [2.45, 2.75) is 6.92 Å². The van der Waals surface area contributed by atoms with Crippen molar-refractivity contribution in [1.82, 2.24) is 9.55 Å². The van der Waals surface area contributed by atoms with Crippen LogP contribution in [-0.4, -0.2) is 9.55 Å². The van der Waals surface area contributed by atoms with Gasteiger partial charge in [-0.2, -0.15) is 0 Å². The van der Waals surface area contributed by atoms with Gasteiger partial charge in [-0.1, -0.05) is 23.7 Å². The summed E-state index contributed by atoms with van der Waals surface area (Å²) in [5, 5.41) is 0.422. The molecule has 0 amide bonds. The van der Waals surface area contributed by atoms with E-state index in [0.717, 1.165) is 11.6 Å². The highest BCUT2D eigenvalue weighted by Crippen LogP contribution is 2.30. The van der Waals surface area contributed by atoms with Crippen molar-refractivity contribution in [2.24, 2.45) is 0 Å². The predicted octanol–water partition coefficient (Wildman–Crippen LogP) is 4.93. The van der Waals surface area contributed by atoms with Crippen molar-refractivity contribution in [3.63, 3.8) is 0 Å². The summed E-state index contributed by atoms with van der Waals surface area (Å²) in [6.45, 7) is 1.83. The Morgan fingerprint density at radius 1 is 1.20 bits per heavy atom. The molecule has 0 bridgehead atoms. The fraction of sp³-hybridized carbons (Fsp3) is 0.0714. The lowest BCUT2D eigenvalue weighted by Crippen LogP contribution is -2.00. The Morgan fingerprint density at radius 3 is 2.65 bits per heavy atom. The van der Waals surface area contributed by atoms with E-state index < -0.39 is 11.6 Å². The van der Waals surface area contributed by atoms with Crippen molar-refractivity contribution in [3.8, 4) is 5.69 Å². The van der Waals surface area contributed by atoms with Crippen LogP contribution < -0.4 is 0 Å². The third-order valence-electron chi connectivity index (χ3n) is 3.15. The molecule has 3 aromatic rings. The zero-order valence-corrected chi connectivity index (χ0v) is 11.9. The van der Waals surface area contributed by atoms with Crippen molar-refractivity contribution in [1.29, 1.82) is 0 Å². The number of nitrogens with one attached hydrogen (secondary N) is 1. The van der Waals surface area contributed by atoms with E-state index in [1.54, 1.807) is 12.1 Å². The second-order valence-electron chi connectivity index (χ2n) is 4.43. The van der Waals surface area contributed by atoms with E-state index in [0.29, 0.717) is 16.2 Å². The van der Waals surface area contributed by atoms with E-state index in [2.05, 4.69) is 4.98 Å². The molecule has 2 nitrogen and oxygen atoms in total. The quantitative estimate of drug-likeness (QED) is 0.632. The molecule has 1 aromatic heterocycles. The highest BCUT2D eigenvalue weighted by molar-refractivity contribution is 7.71. The van der Waals surface area contributed by atoms with E-state index in [-0.39, 0.29) is 10.3 Å². The van der Waals surface area contributed by atoms with E-state index in [4.69, 9.17) is 23.8 Å². The van der Waals surface area contributed by atoms with Gasteiger partial charge < -0.3 is 4.98 Å². The molecule has 1 N–H and O–H groups in total. The van der Waals surface area contributed by atoms with Gasteiger partial charge in [0.25, 0.3) is 0 Å². The summed E-state index contributed by atoms with van der Waals surface area (Å²) < 4.78 is 29.3. The number of fused-ring (bicyclic) bond motifs is 1. The van der Waals surface area contributed by atoms with Gasteiger partial charge in [-0.25, -0.2) is 8.78 Å². The Balaban J connectivity index is 2.52. The molecule has 0 unspecified atom stereocenters. The zero-order chi connectivity index (χ0) is 14.4. The van der Waals surface area contributed by atoms with Crippen LogP contribution in [0.4, 0.5) is 8.78 Å². The van der Waals surface area contributed by atoms with Gasteiger partial charge in [0.15, 0.2) is 16.4 Å². The number of halogens is 3. The maximum Gasteiger partial charge on any atom is 0.184 e. The second kappa shape index (κ2) is 4.68. The number of aryl methyl sites for hydroxylation is 1. The second-order valence-corrected chi connectivity index (χ2v) is 5.22. The average Bonchev–Trinajstić information content (AvgIpc) is 2.72. The van der Waals surface area contributed by atoms with Crippen LogP contribution in [0, 0.1) is 23.3 Å². The van der Waals surface area contributed by atoms with Gasteiger partial charge in [0.05, 0.1) is 16.2 Å². The molecule has 3 rings (SSSR count). The van der Waals surface area contributed by atoms with E-state index in [1.165, 1.54) is 10.6 Å². The summed E-state index contributed by atoms with van der Waals surface area (Å²) >= 11 is 11.4. The van der Waals surface area contributed by atoms with Crippen LogP contribution in [0.2, 0.25) is 5.02 Å². The fourth-order valence-electron chi connectivity index (χ4n) is 2.25. The molecular formula is C14H9ClF2N2S. The number of aromatic nitrogens is 2. The van der Waals surface area contributed by atoms with Gasteiger partial charge in [-0.05, 0) is 42.9 Å². The molecule has 0 aliphatic rings. The van der Waals surface area contributed by atoms with E-state index in [9.17, 15) is 8.78 Å². The predicted molar refractivity (Wildman–Crippen MR) is 78.1 cm³/mol. The fourth-order valence-corrected chi connectivity index (χ4v) is 2.85. The first kappa shape index (κ1) is 13.3. The van der Waals surface area contributed by atoms with Gasteiger partial charge in [0.1, 0.15) is 5.52 Å². The Bertz CT molecular complexity index is 862. The first-order valence-electron chi connectivity index (χ1n) is 5.85. The molecule has 2 aromatic carbocycles. The molecule has 0 saturated heterocycles. The maximum absolute atomic E-state index is 14.1. The number of hydrogen-bond acceptors (Lipinski definition) is 1. The normalized spacial score (nSPS) is 11.2. The Kier molecular flexibility index (Phi) is 3.11. The summed E-state index contributed by atoms with van der Waals surface area (Å²) in [7, 11) is 0. The highest BCUT2D eigenvalue weighted by Gasteiger charge is 2.17. The number of nitrogens with zero attached hydrogens (tertiary/aromatic N) is 1. The number of imidazole rings is 1. The number of para-hydroxylation sites is 1. The molecule has 0 atom stereocenters. The summed E-state index contributed by atoms with van der Waals surface area (Å²) in [6.07, 6.45) is 0. The molecule has 6 heteroatoms. The number of rotatable bonds is 1. The Hall–Kier alpha value is -1.72. The standard InChI is InChI=1S/C14H9ClF2N2S/c1-7-3-2-4-8(15)12(7)19-13-10(18-14(19)20)6-5-9(16)11(13)17/h2-6H,1H3,(H,18,20). The summed E-state index contributed by atoms with van der Waals surface area (Å²) in [6, 6.07) is 7.82. The van der Waals surface area contributed by atoms with Gasteiger partial charge >= 0.3 is 0 Å². The topological polar surface area (TPSA) is 20.7 Å². The summed E-state index contributed by atoms with van der Waals surface area (Å²) in [5.41, 5.74) is 1.85. The molecule has 0 spiro atoms.